The normalized spacial score (nSPS) is 11.4. The van der Waals surface area contributed by atoms with E-state index in [-0.39, 0.29) is 6.54 Å². The summed E-state index contributed by atoms with van der Waals surface area (Å²) in [5.74, 6) is 0.716. The molecule has 0 saturated carbocycles. The summed E-state index contributed by atoms with van der Waals surface area (Å²) in [5.41, 5.74) is 0.352. The van der Waals surface area contributed by atoms with Crippen molar-refractivity contribution < 1.29 is 17.9 Å². The van der Waals surface area contributed by atoms with Gasteiger partial charge in [0.1, 0.15) is 11.4 Å². The number of nitrogens with zero attached hydrogens (tertiary/aromatic N) is 2. The maximum atomic E-state index is 12.6. The molecular weight excluding hydrogens is 271 g/mol. The molecule has 1 N–H and O–H groups in total. The highest BCUT2D eigenvalue weighted by Crippen LogP contribution is 2.29. The van der Waals surface area contributed by atoms with E-state index in [4.69, 9.17) is 4.74 Å². The third-order valence-electron chi connectivity index (χ3n) is 2.78. The van der Waals surface area contributed by atoms with E-state index in [0.29, 0.717) is 11.4 Å². The molecule has 0 amide bonds. The Bertz CT molecular complexity index is 576. The molecule has 20 heavy (non-hydrogen) atoms. The minimum absolute atomic E-state index is 0.219. The van der Waals surface area contributed by atoms with Crippen LogP contribution in [0.4, 0.5) is 18.9 Å². The second-order valence-corrected chi connectivity index (χ2v) is 4.22. The van der Waals surface area contributed by atoms with E-state index in [9.17, 15) is 13.2 Å². The van der Waals surface area contributed by atoms with Crippen molar-refractivity contribution in [2.45, 2.75) is 12.7 Å². The van der Waals surface area contributed by atoms with E-state index < -0.39 is 11.9 Å². The number of hydrogen-bond acceptors (Lipinski definition) is 3. The van der Waals surface area contributed by atoms with E-state index in [1.165, 1.54) is 7.05 Å². The van der Waals surface area contributed by atoms with Crippen LogP contribution < -0.4 is 10.1 Å². The van der Waals surface area contributed by atoms with Gasteiger partial charge in [-0.25, -0.2) is 0 Å². The molecule has 0 atom stereocenters. The standard InChI is InChI=1S/C13H14F3N3O/c1-19-12(13(14,15)16)7-10(18-19)8-17-9-3-5-11(20-2)6-4-9/h3-7,17H,8H2,1-2H3. The van der Waals surface area contributed by atoms with Gasteiger partial charge in [-0.3, -0.25) is 4.68 Å². The lowest BCUT2D eigenvalue weighted by atomic mass is 10.3. The summed E-state index contributed by atoms with van der Waals surface area (Å²) in [5, 5.41) is 6.84. The number of rotatable bonds is 4. The highest BCUT2D eigenvalue weighted by Gasteiger charge is 2.34. The summed E-state index contributed by atoms with van der Waals surface area (Å²) < 4.78 is 43.7. The van der Waals surface area contributed by atoms with Gasteiger partial charge in [0.05, 0.1) is 19.3 Å². The van der Waals surface area contributed by atoms with E-state index in [2.05, 4.69) is 10.4 Å². The van der Waals surface area contributed by atoms with Gasteiger partial charge < -0.3 is 10.1 Å². The number of alkyl halides is 3. The van der Waals surface area contributed by atoms with Crippen LogP contribution in [-0.4, -0.2) is 16.9 Å². The molecule has 2 aromatic rings. The predicted octanol–water partition coefficient (Wildman–Crippen LogP) is 3.06. The molecule has 0 bridgehead atoms. The van der Waals surface area contributed by atoms with Crippen molar-refractivity contribution in [2.75, 3.05) is 12.4 Å². The maximum absolute atomic E-state index is 12.6. The van der Waals surface area contributed by atoms with E-state index in [1.54, 1.807) is 31.4 Å². The molecule has 0 fully saturated rings. The number of ether oxygens (including phenoxy) is 1. The van der Waals surface area contributed by atoms with Crippen molar-refractivity contribution in [3.8, 4) is 5.75 Å². The average molecular weight is 285 g/mol. The van der Waals surface area contributed by atoms with Gasteiger partial charge in [0.15, 0.2) is 0 Å². The minimum Gasteiger partial charge on any atom is -0.497 e. The lowest BCUT2D eigenvalue weighted by Gasteiger charge is -2.05. The number of methoxy groups -OCH3 is 1. The Morgan fingerprint density at radius 3 is 2.40 bits per heavy atom. The van der Waals surface area contributed by atoms with Gasteiger partial charge in [0, 0.05) is 12.7 Å². The van der Waals surface area contributed by atoms with Gasteiger partial charge in [0.25, 0.3) is 0 Å². The van der Waals surface area contributed by atoms with Crippen LogP contribution in [0.1, 0.15) is 11.4 Å². The first-order valence-corrected chi connectivity index (χ1v) is 5.88. The van der Waals surface area contributed by atoms with Crippen LogP contribution in [0.3, 0.4) is 0 Å². The first-order chi connectivity index (χ1) is 9.40. The summed E-state index contributed by atoms with van der Waals surface area (Å²) in [6.45, 7) is 0.219. The van der Waals surface area contributed by atoms with Crippen molar-refractivity contribution in [1.29, 1.82) is 0 Å². The van der Waals surface area contributed by atoms with Crippen LogP contribution in [0, 0.1) is 0 Å². The third kappa shape index (κ3) is 3.23. The smallest absolute Gasteiger partial charge is 0.433 e. The first-order valence-electron chi connectivity index (χ1n) is 5.88. The van der Waals surface area contributed by atoms with Gasteiger partial charge in [0.2, 0.25) is 0 Å². The summed E-state index contributed by atoms with van der Waals surface area (Å²) in [7, 11) is 2.84. The molecule has 1 aromatic carbocycles. The zero-order chi connectivity index (χ0) is 14.8. The fraction of sp³-hybridized carbons (Fsp3) is 0.308. The monoisotopic (exact) mass is 285 g/mol. The second-order valence-electron chi connectivity index (χ2n) is 4.22. The molecule has 7 heteroatoms. The van der Waals surface area contributed by atoms with E-state index in [0.717, 1.165) is 16.4 Å². The molecule has 108 valence electrons. The molecule has 0 unspecified atom stereocenters. The van der Waals surface area contributed by atoms with Gasteiger partial charge in [-0.05, 0) is 30.3 Å². The molecular formula is C13H14F3N3O. The largest absolute Gasteiger partial charge is 0.497 e. The number of benzene rings is 1. The molecule has 0 aliphatic rings. The van der Waals surface area contributed by atoms with Crippen LogP contribution in [0.5, 0.6) is 5.75 Å². The molecule has 1 heterocycles. The van der Waals surface area contributed by atoms with Crippen LogP contribution >= 0.6 is 0 Å². The van der Waals surface area contributed by atoms with Gasteiger partial charge >= 0.3 is 6.18 Å². The van der Waals surface area contributed by atoms with Crippen molar-refractivity contribution in [2.24, 2.45) is 7.05 Å². The summed E-state index contributed by atoms with van der Waals surface area (Å²) in [6, 6.07) is 8.14. The van der Waals surface area contributed by atoms with Crippen LogP contribution in [0.25, 0.3) is 0 Å². The Kier molecular flexibility index (Phi) is 3.87. The highest BCUT2D eigenvalue weighted by molar-refractivity contribution is 5.46. The zero-order valence-electron chi connectivity index (χ0n) is 11.0. The fourth-order valence-electron chi connectivity index (χ4n) is 1.78. The fourth-order valence-corrected chi connectivity index (χ4v) is 1.78. The molecule has 1 aromatic heterocycles. The Balaban J connectivity index is 2.03. The Hall–Kier alpha value is -2.18. The molecule has 0 aliphatic heterocycles. The Morgan fingerprint density at radius 2 is 1.90 bits per heavy atom. The van der Waals surface area contributed by atoms with Gasteiger partial charge in [-0.1, -0.05) is 0 Å². The third-order valence-corrected chi connectivity index (χ3v) is 2.78. The SMILES string of the molecule is COc1ccc(NCc2cc(C(F)(F)F)n(C)n2)cc1. The Morgan fingerprint density at radius 1 is 1.25 bits per heavy atom. The van der Waals surface area contributed by atoms with Crippen molar-refractivity contribution in [3.05, 3.63) is 41.7 Å². The van der Waals surface area contributed by atoms with Crippen molar-refractivity contribution in [3.63, 3.8) is 0 Å². The number of aromatic nitrogens is 2. The lowest BCUT2D eigenvalue weighted by Crippen LogP contribution is -2.11. The van der Waals surface area contributed by atoms with E-state index in [1.807, 2.05) is 0 Å². The van der Waals surface area contributed by atoms with Gasteiger partial charge in [-0.2, -0.15) is 18.3 Å². The molecule has 0 saturated heterocycles. The van der Waals surface area contributed by atoms with Crippen LogP contribution in [-0.2, 0) is 19.8 Å². The number of halogens is 3. The Labute approximate surface area is 114 Å². The average Bonchev–Trinajstić information content (AvgIpc) is 2.78. The first kappa shape index (κ1) is 14.2. The number of anilines is 1. The molecule has 4 nitrogen and oxygen atoms in total. The molecule has 0 spiro atoms. The van der Waals surface area contributed by atoms with Gasteiger partial charge in [-0.15, -0.1) is 0 Å². The number of aryl methyl sites for hydroxylation is 1. The van der Waals surface area contributed by atoms with Crippen molar-refractivity contribution >= 4 is 5.69 Å². The topological polar surface area (TPSA) is 39.1 Å². The lowest BCUT2D eigenvalue weighted by molar-refractivity contribution is -0.143. The predicted molar refractivity (Wildman–Crippen MR) is 68.5 cm³/mol. The zero-order valence-corrected chi connectivity index (χ0v) is 11.0. The summed E-state index contributed by atoms with van der Waals surface area (Å²) in [4.78, 5) is 0. The minimum atomic E-state index is -4.39. The molecule has 0 radical (unpaired) electrons. The molecule has 0 aliphatic carbocycles. The summed E-state index contributed by atoms with van der Waals surface area (Å²) in [6.07, 6.45) is -4.39. The summed E-state index contributed by atoms with van der Waals surface area (Å²) >= 11 is 0. The molecule has 2 rings (SSSR count). The van der Waals surface area contributed by atoms with Crippen LogP contribution in [0.15, 0.2) is 30.3 Å². The highest BCUT2D eigenvalue weighted by atomic mass is 19.4. The second kappa shape index (κ2) is 5.44. The van der Waals surface area contributed by atoms with Crippen LogP contribution in [0.2, 0.25) is 0 Å². The number of nitrogens with one attached hydrogen (secondary N) is 1. The maximum Gasteiger partial charge on any atom is 0.433 e. The number of hydrogen-bond donors (Lipinski definition) is 1. The quantitative estimate of drug-likeness (QED) is 0.938. The van der Waals surface area contributed by atoms with Crippen molar-refractivity contribution in [1.82, 2.24) is 9.78 Å². The van der Waals surface area contributed by atoms with E-state index >= 15 is 0 Å².